The molecule has 0 atom stereocenters. The van der Waals surface area contributed by atoms with Crippen molar-refractivity contribution in [2.24, 2.45) is 0 Å². The van der Waals surface area contributed by atoms with Crippen LogP contribution in [0.4, 0.5) is 4.39 Å². The molecule has 8 heteroatoms. The highest BCUT2D eigenvalue weighted by Crippen LogP contribution is 2.30. The van der Waals surface area contributed by atoms with Crippen LogP contribution in [0.15, 0.2) is 24.3 Å². The summed E-state index contributed by atoms with van der Waals surface area (Å²) in [6, 6.07) is 5.84. The predicted octanol–water partition coefficient (Wildman–Crippen LogP) is 2.66. The molecular weight excluding hydrogens is 339 g/mol. The zero-order valence-electron chi connectivity index (χ0n) is 14.7. The topological polar surface area (TPSA) is 97.1 Å². The number of carboxylic acid groups (broad SMARTS) is 1. The lowest BCUT2D eigenvalue weighted by Gasteiger charge is -2.24. The molecule has 2 N–H and O–H groups in total. The second-order valence-electron chi connectivity index (χ2n) is 6.89. The molecule has 0 saturated heterocycles. The highest BCUT2D eigenvalue weighted by atomic mass is 19.1. The van der Waals surface area contributed by atoms with Gasteiger partial charge in [0.2, 0.25) is 5.82 Å². The van der Waals surface area contributed by atoms with Crippen LogP contribution >= 0.6 is 0 Å². The maximum absolute atomic E-state index is 13.6. The number of benzene rings is 1. The summed E-state index contributed by atoms with van der Waals surface area (Å²) >= 11 is 0. The first-order valence-corrected chi connectivity index (χ1v) is 8.61. The van der Waals surface area contributed by atoms with Crippen molar-refractivity contribution in [3.05, 3.63) is 41.7 Å². The highest BCUT2D eigenvalue weighted by molar-refractivity contribution is 5.95. The molecule has 0 radical (unpaired) electrons. The number of carbonyl (C=O) groups is 2. The number of rotatable bonds is 5. The molecule has 1 heterocycles. The molecule has 1 fully saturated rings. The van der Waals surface area contributed by atoms with Gasteiger partial charge in [-0.05, 0) is 31.0 Å². The molecule has 0 bridgehead atoms. The molecular formula is C18H21FN4O3. The number of carboxylic acids is 1. The minimum Gasteiger partial charge on any atom is -0.480 e. The third-order valence-electron chi connectivity index (χ3n) is 4.62. The number of hydrogen-bond acceptors (Lipinski definition) is 4. The number of carbonyl (C=O) groups excluding carboxylic acids is 1. The van der Waals surface area contributed by atoms with Crippen LogP contribution in [-0.2, 0) is 4.79 Å². The third kappa shape index (κ3) is 3.31. The molecule has 1 aromatic heterocycles. The Morgan fingerprint density at radius 2 is 2.00 bits per heavy atom. The van der Waals surface area contributed by atoms with Gasteiger partial charge in [0.05, 0.1) is 5.69 Å². The molecule has 138 valence electrons. The van der Waals surface area contributed by atoms with E-state index in [2.05, 4.69) is 15.4 Å². The van der Waals surface area contributed by atoms with Crippen molar-refractivity contribution < 1.29 is 19.1 Å². The molecule has 0 spiro atoms. The SMILES string of the molecule is CC(C)c1nc(C(=O)NC2(C(=O)O)CCCC2)nn1-c1cccc(F)c1. The van der Waals surface area contributed by atoms with E-state index in [1.165, 1.54) is 16.8 Å². The average molecular weight is 360 g/mol. The first-order valence-electron chi connectivity index (χ1n) is 8.61. The van der Waals surface area contributed by atoms with Gasteiger partial charge >= 0.3 is 5.97 Å². The van der Waals surface area contributed by atoms with Crippen LogP contribution in [0.2, 0.25) is 0 Å². The lowest BCUT2D eigenvalue weighted by molar-refractivity contribution is -0.144. The largest absolute Gasteiger partial charge is 0.480 e. The van der Waals surface area contributed by atoms with Gasteiger partial charge < -0.3 is 10.4 Å². The van der Waals surface area contributed by atoms with Crippen molar-refractivity contribution in [3.8, 4) is 5.69 Å². The van der Waals surface area contributed by atoms with Crippen molar-refractivity contribution in [1.29, 1.82) is 0 Å². The quantitative estimate of drug-likeness (QED) is 0.854. The molecule has 1 amide bonds. The molecule has 26 heavy (non-hydrogen) atoms. The van der Waals surface area contributed by atoms with Crippen LogP contribution in [0.25, 0.3) is 5.69 Å². The van der Waals surface area contributed by atoms with E-state index >= 15 is 0 Å². The predicted molar refractivity (Wildman–Crippen MR) is 91.7 cm³/mol. The van der Waals surface area contributed by atoms with Crippen LogP contribution in [0, 0.1) is 5.82 Å². The Kier molecular flexibility index (Phi) is 4.76. The Morgan fingerprint density at radius 1 is 1.31 bits per heavy atom. The Bertz CT molecular complexity index is 841. The summed E-state index contributed by atoms with van der Waals surface area (Å²) in [5.74, 6) is -1.79. The van der Waals surface area contributed by atoms with E-state index in [-0.39, 0.29) is 11.7 Å². The number of halogens is 1. The number of amides is 1. The summed E-state index contributed by atoms with van der Waals surface area (Å²) in [5, 5.41) is 16.3. The summed E-state index contributed by atoms with van der Waals surface area (Å²) in [5.41, 5.74) is -0.812. The van der Waals surface area contributed by atoms with Crippen molar-refractivity contribution >= 4 is 11.9 Å². The van der Waals surface area contributed by atoms with E-state index in [0.29, 0.717) is 24.4 Å². The standard InChI is InChI=1S/C18H21FN4O3/c1-11(2)15-20-14(22-23(15)13-7-5-6-12(19)10-13)16(24)21-18(17(25)26)8-3-4-9-18/h5-7,10-11H,3-4,8-9H2,1-2H3,(H,21,24)(H,25,26). The van der Waals surface area contributed by atoms with Gasteiger partial charge in [0, 0.05) is 5.92 Å². The van der Waals surface area contributed by atoms with Crippen LogP contribution in [0.1, 0.15) is 61.9 Å². The molecule has 0 aliphatic heterocycles. The Morgan fingerprint density at radius 3 is 2.58 bits per heavy atom. The average Bonchev–Trinajstić information content (AvgIpc) is 3.22. The first kappa shape index (κ1) is 18.0. The third-order valence-corrected chi connectivity index (χ3v) is 4.62. The van der Waals surface area contributed by atoms with Crippen LogP contribution in [-0.4, -0.2) is 37.3 Å². The van der Waals surface area contributed by atoms with Crippen molar-refractivity contribution in [3.63, 3.8) is 0 Å². The Balaban J connectivity index is 1.94. The van der Waals surface area contributed by atoms with Gasteiger partial charge in [-0.3, -0.25) is 4.79 Å². The fourth-order valence-corrected chi connectivity index (χ4v) is 3.24. The summed E-state index contributed by atoms with van der Waals surface area (Å²) in [4.78, 5) is 28.5. The summed E-state index contributed by atoms with van der Waals surface area (Å²) < 4.78 is 15.0. The normalized spacial score (nSPS) is 16.0. The van der Waals surface area contributed by atoms with Gasteiger partial charge in [0.25, 0.3) is 5.91 Å². The number of nitrogens with one attached hydrogen (secondary N) is 1. The van der Waals surface area contributed by atoms with Crippen LogP contribution in [0.5, 0.6) is 0 Å². The van der Waals surface area contributed by atoms with E-state index < -0.39 is 23.2 Å². The fraction of sp³-hybridized carbons (Fsp3) is 0.444. The maximum atomic E-state index is 13.6. The van der Waals surface area contributed by atoms with Gasteiger partial charge in [-0.1, -0.05) is 32.8 Å². The monoisotopic (exact) mass is 360 g/mol. The Hall–Kier alpha value is -2.77. The number of hydrogen-bond donors (Lipinski definition) is 2. The Labute approximate surface area is 150 Å². The number of nitrogens with zero attached hydrogens (tertiary/aromatic N) is 3. The molecule has 1 aliphatic rings. The first-order chi connectivity index (χ1) is 12.3. The van der Waals surface area contributed by atoms with Gasteiger partial charge in [-0.15, -0.1) is 5.10 Å². The van der Waals surface area contributed by atoms with Crippen molar-refractivity contribution in [2.75, 3.05) is 0 Å². The molecule has 1 saturated carbocycles. The van der Waals surface area contributed by atoms with Crippen molar-refractivity contribution in [1.82, 2.24) is 20.1 Å². The highest BCUT2D eigenvalue weighted by Gasteiger charge is 2.43. The number of aromatic nitrogens is 3. The summed E-state index contributed by atoms with van der Waals surface area (Å²) in [7, 11) is 0. The van der Waals surface area contributed by atoms with Crippen molar-refractivity contribution in [2.45, 2.75) is 51.0 Å². The fourth-order valence-electron chi connectivity index (χ4n) is 3.24. The molecule has 3 rings (SSSR count). The van der Waals surface area contributed by atoms with E-state index in [9.17, 15) is 19.1 Å². The lowest BCUT2D eigenvalue weighted by atomic mass is 9.98. The lowest BCUT2D eigenvalue weighted by Crippen LogP contribution is -2.52. The van der Waals surface area contributed by atoms with Gasteiger partial charge in [0.1, 0.15) is 17.2 Å². The summed E-state index contributed by atoms with van der Waals surface area (Å²) in [6.07, 6.45) is 2.26. The molecule has 2 aromatic rings. The minimum atomic E-state index is -1.26. The van der Waals surface area contributed by atoms with Gasteiger partial charge in [-0.2, -0.15) is 0 Å². The second-order valence-corrected chi connectivity index (χ2v) is 6.89. The summed E-state index contributed by atoms with van der Waals surface area (Å²) in [6.45, 7) is 3.77. The van der Waals surface area contributed by atoms with Crippen LogP contribution in [0.3, 0.4) is 0 Å². The molecule has 0 unspecified atom stereocenters. The molecule has 1 aliphatic carbocycles. The van der Waals surface area contributed by atoms with Crippen LogP contribution < -0.4 is 5.32 Å². The molecule has 7 nitrogen and oxygen atoms in total. The zero-order valence-corrected chi connectivity index (χ0v) is 14.7. The van der Waals surface area contributed by atoms with E-state index in [1.807, 2.05) is 13.8 Å². The van der Waals surface area contributed by atoms with Gasteiger partial charge in [-0.25, -0.2) is 18.9 Å². The number of aliphatic carboxylic acids is 1. The van der Waals surface area contributed by atoms with E-state index in [1.54, 1.807) is 12.1 Å². The minimum absolute atomic E-state index is 0.0627. The maximum Gasteiger partial charge on any atom is 0.329 e. The molecule has 1 aromatic carbocycles. The van der Waals surface area contributed by atoms with E-state index in [4.69, 9.17) is 0 Å². The smallest absolute Gasteiger partial charge is 0.329 e. The van der Waals surface area contributed by atoms with Gasteiger partial charge in [0.15, 0.2) is 0 Å². The van der Waals surface area contributed by atoms with E-state index in [0.717, 1.165) is 12.8 Å². The zero-order chi connectivity index (χ0) is 18.9. The second kappa shape index (κ2) is 6.86.